The molecule has 1 heterocycles. The molecule has 6 nitrogen and oxygen atoms in total. The number of nitrogens with one attached hydrogen (secondary N) is 1. The maximum Gasteiger partial charge on any atom is 0.352 e. The fourth-order valence-corrected chi connectivity index (χ4v) is 2.08. The minimum atomic E-state index is -1.04. The molecule has 106 valence electrons. The van der Waals surface area contributed by atoms with E-state index in [1.165, 1.54) is 21.3 Å². The first-order chi connectivity index (χ1) is 9.63. The van der Waals surface area contributed by atoms with Crippen LogP contribution in [0, 0.1) is 0 Å². The molecule has 6 heteroatoms. The highest BCUT2D eigenvalue weighted by Crippen LogP contribution is 2.44. The molecule has 1 aromatic carbocycles. The quantitative estimate of drug-likeness (QED) is 0.877. The number of ether oxygens (including phenoxy) is 3. The Hall–Kier alpha value is -2.63. The number of aromatic amines is 1. The summed E-state index contributed by atoms with van der Waals surface area (Å²) in [5.41, 5.74) is 1.23. The lowest BCUT2D eigenvalue weighted by atomic mass is 10.0. The fourth-order valence-electron chi connectivity index (χ4n) is 2.08. The van der Waals surface area contributed by atoms with Crippen LogP contribution in [-0.2, 0) is 0 Å². The Morgan fingerprint density at radius 1 is 1.00 bits per heavy atom. The molecule has 0 fully saturated rings. The molecular weight excluding hydrogens is 262 g/mol. The summed E-state index contributed by atoms with van der Waals surface area (Å²) in [4.78, 5) is 13.9. The highest BCUT2D eigenvalue weighted by atomic mass is 16.5. The lowest BCUT2D eigenvalue weighted by molar-refractivity contribution is 0.0692. The SMILES string of the molecule is COc1ccc(-c2cc[nH]c2C(=O)O)c(OC)c1OC. The van der Waals surface area contributed by atoms with Gasteiger partial charge in [-0.25, -0.2) is 4.79 Å². The Labute approximate surface area is 115 Å². The van der Waals surface area contributed by atoms with Crippen molar-refractivity contribution in [2.75, 3.05) is 21.3 Å². The van der Waals surface area contributed by atoms with E-state index in [1.807, 2.05) is 0 Å². The second-order valence-corrected chi connectivity index (χ2v) is 3.95. The van der Waals surface area contributed by atoms with E-state index in [2.05, 4.69) is 4.98 Å². The Morgan fingerprint density at radius 2 is 1.70 bits per heavy atom. The molecule has 0 aliphatic heterocycles. The topological polar surface area (TPSA) is 80.8 Å². The van der Waals surface area contributed by atoms with Crippen LogP contribution >= 0.6 is 0 Å². The first-order valence-corrected chi connectivity index (χ1v) is 5.84. The van der Waals surface area contributed by atoms with Crippen molar-refractivity contribution in [2.45, 2.75) is 0 Å². The van der Waals surface area contributed by atoms with Crippen LogP contribution in [0.1, 0.15) is 10.5 Å². The average molecular weight is 277 g/mol. The van der Waals surface area contributed by atoms with Crippen LogP contribution < -0.4 is 14.2 Å². The third kappa shape index (κ3) is 2.16. The zero-order valence-electron chi connectivity index (χ0n) is 11.4. The standard InChI is InChI=1S/C14H15NO5/c1-18-10-5-4-9(12(19-2)13(10)20-3)8-6-7-15-11(8)14(16)17/h4-7,15H,1-3H3,(H,16,17). The molecule has 20 heavy (non-hydrogen) atoms. The number of carboxylic acids is 1. The third-order valence-corrected chi connectivity index (χ3v) is 2.96. The zero-order chi connectivity index (χ0) is 14.7. The van der Waals surface area contributed by atoms with E-state index in [0.717, 1.165) is 0 Å². The molecule has 2 rings (SSSR count). The number of aromatic nitrogens is 1. The summed E-state index contributed by atoms with van der Waals surface area (Å²) in [7, 11) is 4.52. The molecule has 2 aromatic rings. The fraction of sp³-hybridized carbons (Fsp3) is 0.214. The summed E-state index contributed by atoms with van der Waals surface area (Å²) in [6.45, 7) is 0. The lowest BCUT2D eigenvalue weighted by Crippen LogP contribution is -2.01. The summed E-state index contributed by atoms with van der Waals surface area (Å²) in [5, 5.41) is 9.18. The summed E-state index contributed by atoms with van der Waals surface area (Å²) in [6.07, 6.45) is 1.56. The van der Waals surface area contributed by atoms with Crippen molar-refractivity contribution in [3.63, 3.8) is 0 Å². The van der Waals surface area contributed by atoms with Crippen molar-refractivity contribution in [3.05, 3.63) is 30.1 Å². The molecule has 0 saturated carbocycles. The van der Waals surface area contributed by atoms with Gasteiger partial charge in [-0.05, 0) is 18.2 Å². The number of aromatic carboxylic acids is 1. The van der Waals surface area contributed by atoms with Crippen molar-refractivity contribution in [2.24, 2.45) is 0 Å². The van der Waals surface area contributed by atoms with E-state index >= 15 is 0 Å². The van der Waals surface area contributed by atoms with Crippen molar-refractivity contribution >= 4 is 5.97 Å². The number of benzene rings is 1. The van der Waals surface area contributed by atoms with Crippen LogP contribution in [0.25, 0.3) is 11.1 Å². The Balaban J connectivity index is 2.68. The molecule has 0 spiro atoms. The van der Waals surface area contributed by atoms with Gasteiger partial charge in [-0.3, -0.25) is 0 Å². The molecule has 2 N–H and O–H groups in total. The Kier molecular flexibility index (Phi) is 3.84. The minimum Gasteiger partial charge on any atom is -0.493 e. The number of methoxy groups -OCH3 is 3. The van der Waals surface area contributed by atoms with Gasteiger partial charge in [-0.15, -0.1) is 0 Å². The van der Waals surface area contributed by atoms with Gasteiger partial charge in [0.1, 0.15) is 5.69 Å². The first-order valence-electron chi connectivity index (χ1n) is 5.84. The number of carbonyl (C=O) groups is 1. The van der Waals surface area contributed by atoms with E-state index in [9.17, 15) is 9.90 Å². The molecule has 0 saturated heterocycles. The maximum atomic E-state index is 11.2. The van der Waals surface area contributed by atoms with Crippen LogP contribution in [0.4, 0.5) is 0 Å². The van der Waals surface area contributed by atoms with E-state index < -0.39 is 5.97 Å². The second kappa shape index (κ2) is 5.56. The zero-order valence-corrected chi connectivity index (χ0v) is 11.4. The molecular formula is C14H15NO5. The molecule has 0 atom stereocenters. The van der Waals surface area contributed by atoms with Gasteiger partial charge in [0.15, 0.2) is 11.5 Å². The Bertz CT molecular complexity index is 632. The van der Waals surface area contributed by atoms with Crippen LogP contribution in [-0.4, -0.2) is 37.4 Å². The van der Waals surface area contributed by atoms with Crippen LogP contribution in [0.15, 0.2) is 24.4 Å². The van der Waals surface area contributed by atoms with Gasteiger partial charge < -0.3 is 24.3 Å². The van der Waals surface area contributed by atoms with Gasteiger partial charge >= 0.3 is 5.97 Å². The maximum absolute atomic E-state index is 11.2. The van der Waals surface area contributed by atoms with E-state index in [1.54, 1.807) is 24.4 Å². The predicted octanol–water partition coefficient (Wildman–Crippen LogP) is 2.41. The number of hydrogen-bond donors (Lipinski definition) is 2. The monoisotopic (exact) mass is 277 g/mol. The average Bonchev–Trinajstić information content (AvgIpc) is 2.94. The molecule has 0 radical (unpaired) electrons. The number of rotatable bonds is 5. The third-order valence-electron chi connectivity index (χ3n) is 2.96. The number of H-pyrrole nitrogens is 1. The van der Waals surface area contributed by atoms with Gasteiger partial charge in [-0.2, -0.15) is 0 Å². The van der Waals surface area contributed by atoms with E-state index in [-0.39, 0.29) is 5.69 Å². The molecule has 0 aliphatic rings. The van der Waals surface area contributed by atoms with Gasteiger partial charge in [0.05, 0.1) is 21.3 Å². The van der Waals surface area contributed by atoms with Gasteiger partial charge in [0.2, 0.25) is 5.75 Å². The first kappa shape index (κ1) is 13.8. The lowest BCUT2D eigenvalue weighted by Gasteiger charge is -2.15. The molecule has 1 aromatic heterocycles. The molecule has 0 bridgehead atoms. The van der Waals surface area contributed by atoms with Crippen molar-refractivity contribution < 1.29 is 24.1 Å². The largest absolute Gasteiger partial charge is 0.493 e. The summed E-state index contributed by atoms with van der Waals surface area (Å²) >= 11 is 0. The van der Waals surface area contributed by atoms with Crippen LogP contribution in [0.2, 0.25) is 0 Å². The van der Waals surface area contributed by atoms with E-state index in [0.29, 0.717) is 28.4 Å². The second-order valence-electron chi connectivity index (χ2n) is 3.95. The molecule has 0 aliphatic carbocycles. The van der Waals surface area contributed by atoms with E-state index in [4.69, 9.17) is 14.2 Å². The number of carboxylic acid groups (broad SMARTS) is 1. The smallest absolute Gasteiger partial charge is 0.352 e. The summed E-state index contributed by atoms with van der Waals surface area (Å²) < 4.78 is 15.8. The normalized spacial score (nSPS) is 10.2. The van der Waals surface area contributed by atoms with Gasteiger partial charge in [0, 0.05) is 17.3 Å². The molecule has 0 amide bonds. The minimum absolute atomic E-state index is 0.0931. The Morgan fingerprint density at radius 3 is 2.25 bits per heavy atom. The predicted molar refractivity (Wildman–Crippen MR) is 72.8 cm³/mol. The van der Waals surface area contributed by atoms with Crippen molar-refractivity contribution in [3.8, 4) is 28.4 Å². The highest BCUT2D eigenvalue weighted by Gasteiger charge is 2.21. The summed E-state index contributed by atoms with van der Waals surface area (Å²) in [5.74, 6) is 0.321. The van der Waals surface area contributed by atoms with Gasteiger partial charge in [0.25, 0.3) is 0 Å². The molecule has 0 unspecified atom stereocenters. The van der Waals surface area contributed by atoms with Crippen molar-refractivity contribution in [1.82, 2.24) is 4.98 Å². The number of hydrogen-bond acceptors (Lipinski definition) is 4. The van der Waals surface area contributed by atoms with Gasteiger partial charge in [-0.1, -0.05) is 0 Å². The van der Waals surface area contributed by atoms with Crippen LogP contribution in [0.3, 0.4) is 0 Å². The van der Waals surface area contributed by atoms with Crippen molar-refractivity contribution in [1.29, 1.82) is 0 Å². The highest BCUT2D eigenvalue weighted by molar-refractivity contribution is 5.96. The summed E-state index contributed by atoms with van der Waals surface area (Å²) in [6, 6.07) is 5.11. The van der Waals surface area contributed by atoms with Crippen LogP contribution in [0.5, 0.6) is 17.2 Å².